The van der Waals surface area contributed by atoms with Crippen LogP contribution in [0.3, 0.4) is 0 Å². The van der Waals surface area contributed by atoms with Crippen LogP contribution >= 0.6 is 11.8 Å². The van der Waals surface area contributed by atoms with Gasteiger partial charge in [-0.3, -0.25) is 4.79 Å². The van der Waals surface area contributed by atoms with Gasteiger partial charge in [-0.2, -0.15) is 0 Å². The van der Waals surface area contributed by atoms with Gasteiger partial charge in [0.2, 0.25) is 5.88 Å². The minimum Gasteiger partial charge on any atom is -0.477 e. The normalized spacial score (nSPS) is 10.9. The van der Waals surface area contributed by atoms with Gasteiger partial charge in [0.15, 0.2) is 10.9 Å². The molecule has 1 N–H and O–H groups in total. The van der Waals surface area contributed by atoms with E-state index >= 15 is 0 Å². The van der Waals surface area contributed by atoms with Gasteiger partial charge >= 0.3 is 0 Å². The van der Waals surface area contributed by atoms with Crippen LogP contribution in [-0.2, 0) is 12.3 Å². The Bertz CT molecular complexity index is 1160. The van der Waals surface area contributed by atoms with Crippen LogP contribution in [0.25, 0.3) is 11.0 Å². The summed E-state index contributed by atoms with van der Waals surface area (Å²) in [7, 11) is 0. The molecule has 0 bridgehead atoms. The van der Waals surface area contributed by atoms with Gasteiger partial charge < -0.3 is 14.5 Å². The topological polar surface area (TPSA) is 90.1 Å². The molecule has 3 heterocycles. The van der Waals surface area contributed by atoms with Gasteiger partial charge in [0.25, 0.3) is 5.91 Å². The Balaban J connectivity index is 1.54. The highest BCUT2D eigenvalue weighted by molar-refractivity contribution is 7.98. The number of hydrogen-bond acceptors (Lipinski definition) is 7. The molecule has 4 rings (SSSR count). The van der Waals surface area contributed by atoms with E-state index in [9.17, 15) is 4.79 Å². The molecule has 0 radical (unpaired) electrons. The number of hydrogen-bond donors (Lipinski definition) is 1. The average Bonchev–Trinajstić information content (AvgIpc) is 3.20. The minimum atomic E-state index is -0.286. The number of carbonyl (C=O) groups excluding carboxylic acids is 1. The molecule has 0 aliphatic heterocycles. The third-order valence-corrected chi connectivity index (χ3v) is 5.43. The van der Waals surface area contributed by atoms with E-state index in [1.165, 1.54) is 11.8 Å². The maximum Gasteiger partial charge on any atom is 0.287 e. The summed E-state index contributed by atoms with van der Waals surface area (Å²) in [5.74, 6) is 1.06. The van der Waals surface area contributed by atoms with E-state index in [0.29, 0.717) is 34.7 Å². The summed E-state index contributed by atoms with van der Waals surface area (Å²) >= 11 is 1.46. The van der Waals surface area contributed by atoms with E-state index in [-0.39, 0.29) is 12.5 Å². The highest BCUT2D eigenvalue weighted by Crippen LogP contribution is 2.31. The smallest absolute Gasteiger partial charge is 0.287 e. The number of amides is 1. The molecule has 0 atom stereocenters. The molecular weight excluding hydrogens is 412 g/mol. The summed E-state index contributed by atoms with van der Waals surface area (Å²) in [5, 5.41) is 4.49. The van der Waals surface area contributed by atoms with Gasteiger partial charge in [-0.25, -0.2) is 15.0 Å². The van der Waals surface area contributed by atoms with Crippen LogP contribution in [0, 0.1) is 0 Å². The molecule has 31 heavy (non-hydrogen) atoms. The fourth-order valence-electron chi connectivity index (χ4n) is 3.07. The monoisotopic (exact) mass is 434 g/mol. The number of carbonyl (C=O) groups is 1. The molecule has 0 aliphatic rings. The molecule has 0 saturated carbocycles. The zero-order valence-electron chi connectivity index (χ0n) is 17.1. The first kappa shape index (κ1) is 20.9. The van der Waals surface area contributed by atoms with E-state index in [4.69, 9.17) is 9.15 Å². The number of ether oxygens (including phenoxy) is 1. The summed E-state index contributed by atoms with van der Waals surface area (Å²) in [6.07, 6.45) is 5.95. The molecule has 1 amide bonds. The number of aromatic nitrogens is 3. The van der Waals surface area contributed by atoms with Crippen molar-refractivity contribution in [3.8, 4) is 5.88 Å². The Kier molecular flexibility index (Phi) is 6.78. The van der Waals surface area contributed by atoms with E-state index in [1.807, 2.05) is 43.3 Å². The Hall–Kier alpha value is -3.39. The zero-order valence-corrected chi connectivity index (χ0v) is 17.9. The summed E-state index contributed by atoms with van der Waals surface area (Å²) in [4.78, 5) is 25.8. The Morgan fingerprint density at radius 2 is 1.87 bits per heavy atom. The Morgan fingerprint density at radius 1 is 1.06 bits per heavy atom. The van der Waals surface area contributed by atoms with Crippen molar-refractivity contribution < 1.29 is 13.9 Å². The average molecular weight is 435 g/mol. The van der Waals surface area contributed by atoms with Crippen LogP contribution in [0.1, 0.15) is 35.0 Å². The van der Waals surface area contributed by atoms with Gasteiger partial charge in [-0.1, -0.05) is 43.0 Å². The molecule has 7 nitrogen and oxygen atoms in total. The predicted octanol–water partition coefficient (Wildman–Crippen LogP) is 4.63. The molecular formula is C23H22N4O3S. The first-order valence-electron chi connectivity index (χ1n) is 10.0. The van der Waals surface area contributed by atoms with Gasteiger partial charge in [-0.05, 0) is 24.6 Å². The fourth-order valence-corrected chi connectivity index (χ4v) is 3.90. The lowest BCUT2D eigenvalue weighted by Crippen LogP contribution is -2.23. The molecule has 158 valence electrons. The van der Waals surface area contributed by atoms with Crippen molar-refractivity contribution in [2.45, 2.75) is 30.8 Å². The first-order valence-corrected chi connectivity index (χ1v) is 11.0. The molecule has 0 aliphatic carbocycles. The summed E-state index contributed by atoms with van der Waals surface area (Å²) < 4.78 is 11.6. The van der Waals surface area contributed by atoms with Gasteiger partial charge in [0.1, 0.15) is 5.58 Å². The number of nitrogens with one attached hydrogen (secondary N) is 1. The second kappa shape index (κ2) is 10.1. The lowest BCUT2D eigenvalue weighted by Gasteiger charge is -2.10. The third kappa shape index (κ3) is 5.03. The largest absolute Gasteiger partial charge is 0.477 e. The SMILES string of the molecule is CCCOc1ncccc1CNC(=O)c1oc2ccccc2c1CSc1ncccn1. The number of nitrogens with zero attached hydrogens (tertiary/aromatic N) is 3. The van der Waals surface area contributed by atoms with Crippen LogP contribution < -0.4 is 10.1 Å². The zero-order chi connectivity index (χ0) is 21.5. The van der Waals surface area contributed by atoms with Crippen LogP contribution in [-0.4, -0.2) is 27.5 Å². The van der Waals surface area contributed by atoms with E-state index < -0.39 is 0 Å². The third-order valence-electron chi connectivity index (χ3n) is 4.52. The standard InChI is InChI=1S/C23H22N4O3S/c1-2-13-29-22-16(7-5-10-24-22)14-27-21(28)20-18(15-31-23-25-11-6-12-26-23)17-8-3-4-9-19(17)30-20/h3-12H,2,13-15H2,1H3,(H,27,28). The maximum atomic E-state index is 13.0. The number of pyridine rings is 1. The summed E-state index contributed by atoms with van der Waals surface area (Å²) in [6, 6.07) is 13.1. The van der Waals surface area contributed by atoms with Crippen LogP contribution in [0.5, 0.6) is 5.88 Å². The molecule has 0 saturated heterocycles. The number of benzene rings is 1. The highest BCUT2D eigenvalue weighted by atomic mass is 32.2. The quantitative estimate of drug-likeness (QED) is 0.303. The summed E-state index contributed by atoms with van der Waals surface area (Å²) in [5.41, 5.74) is 2.30. The van der Waals surface area contributed by atoms with Gasteiger partial charge in [0.05, 0.1) is 6.61 Å². The van der Waals surface area contributed by atoms with Crippen molar-refractivity contribution in [1.29, 1.82) is 0 Å². The molecule has 1 aromatic carbocycles. The van der Waals surface area contributed by atoms with Crippen LogP contribution in [0.4, 0.5) is 0 Å². The van der Waals surface area contributed by atoms with E-state index in [1.54, 1.807) is 24.7 Å². The van der Waals surface area contributed by atoms with Crippen LogP contribution in [0.2, 0.25) is 0 Å². The molecule has 4 aromatic rings. The minimum absolute atomic E-state index is 0.286. The molecule has 3 aromatic heterocycles. The predicted molar refractivity (Wildman–Crippen MR) is 119 cm³/mol. The highest BCUT2D eigenvalue weighted by Gasteiger charge is 2.21. The number of thioether (sulfide) groups is 1. The molecule has 0 unspecified atom stereocenters. The lowest BCUT2D eigenvalue weighted by atomic mass is 10.1. The van der Waals surface area contributed by atoms with Crippen molar-refractivity contribution in [3.05, 3.63) is 77.9 Å². The molecule has 0 spiro atoms. The number of para-hydroxylation sites is 1. The van der Waals surface area contributed by atoms with Crippen LogP contribution in [0.15, 0.2) is 70.6 Å². The van der Waals surface area contributed by atoms with Gasteiger partial charge in [0, 0.05) is 47.4 Å². The van der Waals surface area contributed by atoms with Gasteiger partial charge in [-0.15, -0.1) is 0 Å². The lowest BCUT2D eigenvalue weighted by molar-refractivity contribution is 0.0924. The van der Waals surface area contributed by atoms with Crippen molar-refractivity contribution in [2.24, 2.45) is 0 Å². The number of fused-ring (bicyclic) bond motifs is 1. The first-order chi connectivity index (χ1) is 15.3. The Labute approximate surface area is 184 Å². The molecule has 0 fully saturated rings. The fraction of sp³-hybridized carbons (Fsp3) is 0.217. The second-order valence-corrected chi connectivity index (χ2v) is 7.67. The van der Waals surface area contributed by atoms with E-state index in [2.05, 4.69) is 20.3 Å². The van der Waals surface area contributed by atoms with E-state index in [0.717, 1.165) is 22.9 Å². The van der Waals surface area contributed by atoms with Crippen molar-refractivity contribution in [1.82, 2.24) is 20.3 Å². The second-order valence-electron chi connectivity index (χ2n) is 6.72. The molecule has 8 heteroatoms. The number of rotatable bonds is 9. The summed E-state index contributed by atoms with van der Waals surface area (Å²) in [6.45, 7) is 2.90. The maximum absolute atomic E-state index is 13.0. The number of furan rings is 1. The van der Waals surface area contributed by atoms with Crippen molar-refractivity contribution in [3.63, 3.8) is 0 Å². The van der Waals surface area contributed by atoms with Crippen molar-refractivity contribution in [2.75, 3.05) is 6.61 Å². The van der Waals surface area contributed by atoms with Crippen molar-refractivity contribution >= 4 is 28.6 Å². The Morgan fingerprint density at radius 3 is 2.71 bits per heavy atom.